The van der Waals surface area contributed by atoms with Gasteiger partial charge in [-0.15, -0.1) is 0 Å². The number of amides is 1. The van der Waals surface area contributed by atoms with Crippen LogP contribution < -0.4 is 14.8 Å². The topological polar surface area (TPSA) is 114 Å². The Labute approximate surface area is 219 Å². The third-order valence-electron chi connectivity index (χ3n) is 5.89. The largest absolute Gasteiger partial charge is 0.490 e. The van der Waals surface area contributed by atoms with Gasteiger partial charge in [0.1, 0.15) is 18.2 Å². The van der Waals surface area contributed by atoms with Crippen molar-refractivity contribution < 1.29 is 19.2 Å². The van der Waals surface area contributed by atoms with E-state index in [4.69, 9.17) is 9.47 Å². The van der Waals surface area contributed by atoms with Gasteiger partial charge >= 0.3 is 0 Å². The molecule has 4 rings (SSSR count). The van der Waals surface area contributed by atoms with Crippen molar-refractivity contribution in [3.8, 4) is 17.6 Å². The molecule has 0 saturated carbocycles. The van der Waals surface area contributed by atoms with Crippen LogP contribution in [0.4, 0.5) is 11.4 Å². The van der Waals surface area contributed by atoms with E-state index in [2.05, 4.69) is 23.5 Å². The molecule has 190 valence electrons. The zero-order chi connectivity index (χ0) is 27.1. The van der Waals surface area contributed by atoms with Gasteiger partial charge in [0.05, 0.1) is 17.2 Å². The van der Waals surface area contributed by atoms with Crippen LogP contribution in [0.2, 0.25) is 0 Å². The Bertz CT molecular complexity index is 1580. The molecule has 0 atom stereocenters. The summed E-state index contributed by atoms with van der Waals surface area (Å²) in [6.07, 6.45) is 1.43. The number of anilines is 1. The molecule has 0 fully saturated rings. The maximum atomic E-state index is 12.8. The van der Waals surface area contributed by atoms with Crippen molar-refractivity contribution in [3.05, 3.63) is 111 Å². The van der Waals surface area contributed by atoms with Gasteiger partial charge in [0.25, 0.3) is 11.6 Å². The molecule has 4 aromatic rings. The third-order valence-corrected chi connectivity index (χ3v) is 5.89. The first-order valence-corrected chi connectivity index (χ1v) is 11.9. The lowest BCUT2D eigenvalue weighted by Gasteiger charge is -2.14. The quantitative estimate of drug-likeness (QED) is 0.118. The number of nitro groups is 1. The van der Waals surface area contributed by atoms with Gasteiger partial charge in [0.15, 0.2) is 11.5 Å². The number of hydrogen-bond acceptors (Lipinski definition) is 6. The van der Waals surface area contributed by atoms with E-state index in [9.17, 15) is 20.2 Å². The second-order valence-electron chi connectivity index (χ2n) is 8.45. The van der Waals surface area contributed by atoms with Crippen LogP contribution in [0, 0.1) is 28.4 Å². The van der Waals surface area contributed by atoms with Crippen LogP contribution in [-0.4, -0.2) is 17.4 Å². The summed E-state index contributed by atoms with van der Waals surface area (Å²) in [5, 5.41) is 25.5. The summed E-state index contributed by atoms with van der Waals surface area (Å²) in [5.74, 6) is 0.339. The molecule has 0 saturated heterocycles. The number of fused-ring (bicyclic) bond motifs is 1. The normalized spacial score (nSPS) is 11.0. The molecule has 0 unspecified atom stereocenters. The SMILES string of the molecule is CCOc1cc(/C=C(\C#N)C(=O)Nc2cc([N+](=O)[O-])ccc2C)ccc1OCc1cccc2ccccc12. The Balaban J connectivity index is 1.55. The first-order chi connectivity index (χ1) is 18.4. The van der Waals surface area contributed by atoms with Crippen LogP contribution >= 0.6 is 0 Å². The Kier molecular flexibility index (Phi) is 7.99. The molecule has 38 heavy (non-hydrogen) atoms. The highest BCUT2D eigenvalue weighted by molar-refractivity contribution is 6.10. The van der Waals surface area contributed by atoms with E-state index in [1.165, 1.54) is 24.3 Å². The standard InChI is InChI=1S/C30H25N3O5/c1-3-37-29-16-21(12-14-28(29)38-19-23-9-6-8-22-7-4-5-10-26(22)23)15-24(18-31)30(34)32-27-17-25(33(35)36)13-11-20(27)2/h4-17H,3,19H2,1-2H3,(H,32,34)/b24-15+. The minimum Gasteiger partial charge on any atom is -0.490 e. The van der Waals surface area contributed by atoms with E-state index in [1.807, 2.05) is 37.3 Å². The number of carbonyl (C=O) groups excluding carboxylic acids is 1. The number of nitro benzene ring substituents is 1. The Morgan fingerprint density at radius 1 is 1.03 bits per heavy atom. The molecule has 8 nitrogen and oxygen atoms in total. The van der Waals surface area contributed by atoms with Gasteiger partial charge in [-0.05, 0) is 59.5 Å². The van der Waals surface area contributed by atoms with E-state index < -0.39 is 10.8 Å². The molecule has 0 heterocycles. The summed E-state index contributed by atoms with van der Waals surface area (Å²) in [5.41, 5.74) is 2.17. The minimum absolute atomic E-state index is 0.158. The van der Waals surface area contributed by atoms with Gasteiger partial charge in [-0.1, -0.05) is 54.6 Å². The number of ether oxygens (including phenoxy) is 2. The van der Waals surface area contributed by atoms with Crippen LogP contribution in [-0.2, 0) is 11.4 Å². The number of hydrogen-bond donors (Lipinski definition) is 1. The average Bonchev–Trinajstić information content (AvgIpc) is 2.92. The lowest BCUT2D eigenvalue weighted by atomic mass is 10.1. The van der Waals surface area contributed by atoms with Crippen LogP contribution in [0.25, 0.3) is 16.8 Å². The second kappa shape index (κ2) is 11.7. The predicted octanol–water partition coefficient (Wildman–Crippen LogP) is 6.58. The average molecular weight is 508 g/mol. The molecule has 1 N–H and O–H groups in total. The summed E-state index contributed by atoms with van der Waals surface area (Å²) in [6, 6.07) is 25.3. The monoisotopic (exact) mass is 507 g/mol. The van der Waals surface area contributed by atoms with Gasteiger partial charge in [-0.3, -0.25) is 14.9 Å². The molecule has 0 spiro atoms. The summed E-state index contributed by atoms with van der Waals surface area (Å²) in [6.45, 7) is 4.30. The van der Waals surface area contributed by atoms with Crippen molar-refractivity contribution in [1.82, 2.24) is 0 Å². The van der Waals surface area contributed by atoms with E-state index in [0.717, 1.165) is 16.3 Å². The highest BCUT2D eigenvalue weighted by Gasteiger charge is 2.15. The van der Waals surface area contributed by atoms with Crippen molar-refractivity contribution in [2.75, 3.05) is 11.9 Å². The molecule has 0 aliphatic heterocycles. The molecule has 0 aliphatic rings. The zero-order valence-electron chi connectivity index (χ0n) is 20.9. The van der Waals surface area contributed by atoms with E-state index in [-0.39, 0.29) is 16.9 Å². The van der Waals surface area contributed by atoms with Crippen molar-refractivity contribution in [2.45, 2.75) is 20.5 Å². The number of benzene rings is 4. The lowest BCUT2D eigenvalue weighted by Crippen LogP contribution is -2.14. The van der Waals surface area contributed by atoms with Gasteiger partial charge in [-0.2, -0.15) is 5.26 Å². The van der Waals surface area contributed by atoms with E-state index in [1.54, 1.807) is 25.1 Å². The van der Waals surface area contributed by atoms with Gasteiger partial charge < -0.3 is 14.8 Å². The van der Waals surface area contributed by atoms with Gasteiger partial charge in [-0.25, -0.2) is 0 Å². The van der Waals surface area contributed by atoms with Crippen molar-refractivity contribution in [3.63, 3.8) is 0 Å². The Morgan fingerprint density at radius 3 is 2.58 bits per heavy atom. The first-order valence-electron chi connectivity index (χ1n) is 11.9. The first kappa shape index (κ1) is 25.9. The molecule has 0 bridgehead atoms. The van der Waals surface area contributed by atoms with Gasteiger partial charge in [0.2, 0.25) is 0 Å². The lowest BCUT2D eigenvalue weighted by molar-refractivity contribution is -0.384. The number of aryl methyl sites for hydroxylation is 1. The second-order valence-corrected chi connectivity index (χ2v) is 8.45. The molecular weight excluding hydrogens is 482 g/mol. The molecule has 1 amide bonds. The van der Waals surface area contributed by atoms with Crippen LogP contribution in [0.15, 0.2) is 84.4 Å². The molecule has 0 aliphatic carbocycles. The fraction of sp³-hybridized carbons (Fsp3) is 0.133. The van der Waals surface area contributed by atoms with E-state index in [0.29, 0.717) is 35.8 Å². The molecule has 4 aromatic carbocycles. The predicted molar refractivity (Wildman–Crippen MR) is 146 cm³/mol. The van der Waals surface area contributed by atoms with Gasteiger partial charge in [0, 0.05) is 12.1 Å². The van der Waals surface area contributed by atoms with Crippen molar-refractivity contribution in [1.29, 1.82) is 5.26 Å². The molecule has 8 heteroatoms. The van der Waals surface area contributed by atoms with Crippen molar-refractivity contribution >= 4 is 34.1 Å². The molecule has 0 aromatic heterocycles. The number of rotatable bonds is 9. The summed E-state index contributed by atoms with van der Waals surface area (Å²) >= 11 is 0. The summed E-state index contributed by atoms with van der Waals surface area (Å²) < 4.78 is 11.9. The van der Waals surface area contributed by atoms with Crippen LogP contribution in [0.3, 0.4) is 0 Å². The molecular formula is C30H25N3O5. The number of carbonyl (C=O) groups is 1. The third kappa shape index (κ3) is 5.97. The van der Waals surface area contributed by atoms with Crippen LogP contribution in [0.5, 0.6) is 11.5 Å². The Morgan fingerprint density at radius 2 is 1.82 bits per heavy atom. The zero-order valence-corrected chi connectivity index (χ0v) is 20.9. The fourth-order valence-corrected chi connectivity index (χ4v) is 3.94. The molecule has 0 radical (unpaired) electrons. The van der Waals surface area contributed by atoms with Crippen LogP contribution in [0.1, 0.15) is 23.6 Å². The fourth-order valence-electron chi connectivity index (χ4n) is 3.94. The minimum atomic E-state index is -0.676. The maximum Gasteiger partial charge on any atom is 0.271 e. The summed E-state index contributed by atoms with van der Waals surface area (Å²) in [7, 11) is 0. The van der Waals surface area contributed by atoms with E-state index >= 15 is 0 Å². The number of non-ortho nitro benzene ring substituents is 1. The summed E-state index contributed by atoms with van der Waals surface area (Å²) in [4.78, 5) is 23.3. The maximum absolute atomic E-state index is 12.8. The number of nitrogens with one attached hydrogen (secondary N) is 1. The number of nitrogens with zero attached hydrogens (tertiary/aromatic N) is 2. The Hall–Kier alpha value is -5.16. The highest BCUT2D eigenvalue weighted by atomic mass is 16.6. The smallest absolute Gasteiger partial charge is 0.271 e. The highest BCUT2D eigenvalue weighted by Crippen LogP contribution is 2.31. The number of nitriles is 1. The van der Waals surface area contributed by atoms with Crippen molar-refractivity contribution in [2.24, 2.45) is 0 Å².